The second-order valence-corrected chi connectivity index (χ2v) is 6.42. The Kier molecular flexibility index (Phi) is 5.95. The number of nitrogens with zero attached hydrogens (tertiary/aromatic N) is 1. The molecule has 0 atom stereocenters. The van der Waals surface area contributed by atoms with Crippen molar-refractivity contribution in [2.75, 3.05) is 6.61 Å². The van der Waals surface area contributed by atoms with Crippen LogP contribution in [0.15, 0.2) is 29.6 Å². The number of benzene rings is 1. The number of rotatable bonds is 8. The molecule has 0 saturated heterocycles. The molecule has 0 saturated carbocycles. The minimum absolute atomic E-state index is 0.00476. The second-order valence-electron chi connectivity index (χ2n) is 5.48. The number of carboxylic acid groups (broad SMARTS) is 1. The Hall–Kier alpha value is -1.88. The van der Waals surface area contributed by atoms with Gasteiger partial charge in [-0.25, -0.2) is 4.98 Å². The first-order valence-electron chi connectivity index (χ1n) is 7.42. The van der Waals surface area contributed by atoms with Gasteiger partial charge >= 0.3 is 5.97 Å². The van der Waals surface area contributed by atoms with Gasteiger partial charge in [-0.3, -0.25) is 4.79 Å². The summed E-state index contributed by atoms with van der Waals surface area (Å²) in [5.74, 6) is 0.569. The summed E-state index contributed by atoms with van der Waals surface area (Å²) in [4.78, 5) is 14.9. The van der Waals surface area contributed by atoms with E-state index in [-0.39, 0.29) is 6.42 Å². The van der Waals surface area contributed by atoms with E-state index in [0.29, 0.717) is 18.2 Å². The highest BCUT2D eigenvalue weighted by Crippen LogP contribution is 2.19. The second kappa shape index (κ2) is 7.94. The molecule has 2 rings (SSSR count). The van der Waals surface area contributed by atoms with Crippen LogP contribution in [-0.4, -0.2) is 22.7 Å². The Labute approximate surface area is 134 Å². The monoisotopic (exact) mass is 319 g/mol. The molecule has 1 aromatic heterocycles. The first kappa shape index (κ1) is 16.5. The minimum Gasteiger partial charge on any atom is -0.494 e. The van der Waals surface area contributed by atoms with Crippen molar-refractivity contribution < 1.29 is 14.6 Å². The largest absolute Gasteiger partial charge is 0.494 e. The van der Waals surface area contributed by atoms with Gasteiger partial charge in [-0.15, -0.1) is 11.3 Å². The standard InChI is InChI=1S/C17H21NO3S/c1-12(2)13-5-7-15(8-6-13)21-9-3-4-16-18-14(11-22-16)10-17(19)20/h5-8,11-12H,3-4,9-10H2,1-2H3,(H,19,20). The zero-order valence-electron chi connectivity index (χ0n) is 12.9. The van der Waals surface area contributed by atoms with Gasteiger partial charge in [0.25, 0.3) is 0 Å². The average molecular weight is 319 g/mol. The number of aliphatic carboxylic acids is 1. The van der Waals surface area contributed by atoms with E-state index in [2.05, 4.69) is 31.0 Å². The van der Waals surface area contributed by atoms with Gasteiger partial charge in [0.05, 0.1) is 23.7 Å². The predicted octanol–water partition coefficient (Wildman–Crippen LogP) is 3.91. The molecule has 0 fully saturated rings. The van der Waals surface area contributed by atoms with Crippen LogP contribution in [0.1, 0.15) is 42.5 Å². The van der Waals surface area contributed by atoms with Gasteiger partial charge in [0, 0.05) is 11.8 Å². The molecule has 1 aromatic carbocycles. The molecule has 22 heavy (non-hydrogen) atoms. The number of ether oxygens (including phenoxy) is 1. The predicted molar refractivity (Wildman–Crippen MR) is 87.8 cm³/mol. The van der Waals surface area contributed by atoms with Crippen molar-refractivity contribution in [1.29, 1.82) is 0 Å². The fourth-order valence-corrected chi connectivity index (χ4v) is 2.90. The summed E-state index contributed by atoms with van der Waals surface area (Å²) in [7, 11) is 0. The Morgan fingerprint density at radius 2 is 2.05 bits per heavy atom. The number of aromatic nitrogens is 1. The van der Waals surface area contributed by atoms with Gasteiger partial charge in [0.15, 0.2) is 0 Å². The molecular weight excluding hydrogens is 298 g/mol. The van der Waals surface area contributed by atoms with E-state index in [0.717, 1.165) is 23.6 Å². The Balaban J connectivity index is 1.72. The molecule has 0 unspecified atom stereocenters. The molecule has 0 aliphatic carbocycles. The fraction of sp³-hybridized carbons (Fsp3) is 0.412. The molecule has 0 spiro atoms. The molecule has 5 heteroatoms. The molecule has 118 valence electrons. The number of aryl methyl sites for hydroxylation is 1. The lowest BCUT2D eigenvalue weighted by atomic mass is 10.0. The summed E-state index contributed by atoms with van der Waals surface area (Å²) in [6.07, 6.45) is 1.68. The van der Waals surface area contributed by atoms with Crippen molar-refractivity contribution in [3.8, 4) is 5.75 Å². The van der Waals surface area contributed by atoms with Crippen LogP contribution in [0.4, 0.5) is 0 Å². The van der Waals surface area contributed by atoms with Gasteiger partial charge in [0.1, 0.15) is 5.75 Å². The summed E-state index contributed by atoms with van der Waals surface area (Å²) in [5.41, 5.74) is 1.94. The van der Waals surface area contributed by atoms with Gasteiger partial charge in [0.2, 0.25) is 0 Å². The fourth-order valence-electron chi connectivity index (χ4n) is 2.06. The van der Waals surface area contributed by atoms with Crippen LogP contribution in [0, 0.1) is 0 Å². The van der Waals surface area contributed by atoms with Crippen molar-refractivity contribution in [3.63, 3.8) is 0 Å². The number of carboxylic acids is 1. The third-order valence-corrected chi connectivity index (χ3v) is 4.24. The molecule has 0 amide bonds. The van der Waals surface area contributed by atoms with Gasteiger partial charge in [-0.1, -0.05) is 26.0 Å². The number of hydrogen-bond acceptors (Lipinski definition) is 4. The van der Waals surface area contributed by atoms with Crippen LogP contribution in [0.3, 0.4) is 0 Å². The Bertz CT molecular complexity index is 605. The van der Waals surface area contributed by atoms with Crippen molar-refractivity contribution in [2.24, 2.45) is 0 Å². The summed E-state index contributed by atoms with van der Waals surface area (Å²) < 4.78 is 5.72. The molecule has 1 heterocycles. The third kappa shape index (κ3) is 5.15. The van der Waals surface area contributed by atoms with Crippen LogP contribution < -0.4 is 4.74 Å². The summed E-state index contributed by atoms with van der Waals surface area (Å²) in [6, 6.07) is 8.20. The summed E-state index contributed by atoms with van der Waals surface area (Å²) in [5, 5.41) is 11.5. The smallest absolute Gasteiger partial charge is 0.309 e. The van der Waals surface area contributed by atoms with Crippen molar-refractivity contribution in [2.45, 2.75) is 39.0 Å². The molecular formula is C17H21NO3S. The number of carbonyl (C=O) groups is 1. The Morgan fingerprint density at radius 3 is 2.68 bits per heavy atom. The maximum absolute atomic E-state index is 10.6. The van der Waals surface area contributed by atoms with Crippen LogP contribution >= 0.6 is 11.3 Å². The average Bonchev–Trinajstić information content (AvgIpc) is 2.91. The first-order chi connectivity index (χ1) is 10.5. The normalized spacial score (nSPS) is 10.9. The molecule has 0 radical (unpaired) electrons. The van der Waals surface area contributed by atoms with E-state index in [1.54, 1.807) is 0 Å². The van der Waals surface area contributed by atoms with Crippen molar-refractivity contribution in [1.82, 2.24) is 4.98 Å². The van der Waals surface area contributed by atoms with Gasteiger partial charge in [-0.2, -0.15) is 0 Å². The number of thiazole rings is 1. The van der Waals surface area contributed by atoms with Crippen LogP contribution in [0.2, 0.25) is 0 Å². The van der Waals surface area contributed by atoms with E-state index in [1.807, 2.05) is 17.5 Å². The summed E-state index contributed by atoms with van der Waals surface area (Å²) in [6.45, 7) is 4.97. The molecule has 2 aromatic rings. The molecule has 0 aliphatic rings. The van der Waals surface area contributed by atoms with Crippen molar-refractivity contribution >= 4 is 17.3 Å². The van der Waals surface area contributed by atoms with E-state index >= 15 is 0 Å². The molecule has 4 nitrogen and oxygen atoms in total. The zero-order valence-corrected chi connectivity index (χ0v) is 13.7. The molecule has 0 aliphatic heterocycles. The van der Waals surface area contributed by atoms with Gasteiger partial charge in [-0.05, 0) is 30.0 Å². The lowest BCUT2D eigenvalue weighted by molar-refractivity contribution is -0.136. The maximum atomic E-state index is 10.6. The lowest BCUT2D eigenvalue weighted by Gasteiger charge is -2.08. The van der Waals surface area contributed by atoms with E-state index < -0.39 is 5.97 Å². The maximum Gasteiger partial charge on any atom is 0.309 e. The summed E-state index contributed by atoms with van der Waals surface area (Å²) >= 11 is 1.51. The highest BCUT2D eigenvalue weighted by atomic mass is 32.1. The van der Waals surface area contributed by atoms with E-state index in [9.17, 15) is 4.79 Å². The zero-order chi connectivity index (χ0) is 15.9. The van der Waals surface area contributed by atoms with Crippen LogP contribution in [-0.2, 0) is 17.6 Å². The highest BCUT2D eigenvalue weighted by molar-refractivity contribution is 7.09. The minimum atomic E-state index is -0.843. The van der Waals surface area contributed by atoms with Crippen LogP contribution in [0.25, 0.3) is 0 Å². The van der Waals surface area contributed by atoms with Crippen LogP contribution in [0.5, 0.6) is 5.75 Å². The third-order valence-electron chi connectivity index (χ3n) is 3.28. The van der Waals surface area contributed by atoms with E-state index in [1.165, 1.54) is 16.9 Å². The first-order valence-corrected chi connectivity index (χ1v) is 8.30. The van der Waals surface area contributed by atoms with Crippen molar-refractivity contribution in [3.05, 3.63) is 45.9 Å². The molecule has 0 bridgehead atoms. The van der Waals surface area contributed by atoms with E-state index in [4.69, 9.17) is 9.84 Å². The SMILES string of the molecule is CC(C)c1ccc(OCCCc2nc(CC(=O)O)cs2)cc1. The molecule has 1 N–H and O–H groups in total. The quantitative estimate of drug-likeness (QED) is 0.750. The topological polar surface area (TPSA) is 59.4 Å². The highest BCUT2D eigenvalue weighted by Gasteiger charge is 2.06. The Morgan fingerprint density at radius 1 is 1.32 bits per heavy atom. The van der Waals surface area contributed by atoms with Gasteiger partial charge < -0.3 is 9.84 Å². The lowest BCUT2D eigenvalue weighted by Crippen LogP contribution is -2.01. The number of hydrogen-bond donors (Lipinski definition) is 1.